The van der Waals surface area contributed by atoms with Crippen molar-refractivity contribution in [1.82, 2.24) is 0 Å². The van der Waals surface area contributed by atoms with Crippen LogP contribution in [0.2, 0.25) is 15.1 Å². The molecule has 1 aromatic carbocycles. The van der Waals surface area contributed by atoms with Gasteiger partial charge in [-0.3, -0.25) is 4.72 Å². The maximum atomic E-state index is 12.7. The highest BCUT2D eigenvalue weighted by Gasteiger charge is 2.28. The highest BCUT2D eigenvalue weighted by molar-refractivity contribution is 7.93. The summed E-state index contributed by atoms with van der Waals surface area (Å²) >= 11 is 19.2. The number of halogens is 3. The number of thiophene rings is 1. The summed E-state index contributed by atoms with van der Waals surface area (Å²) in [5, 5.41) is 9.82. The zero-order chi connectivity index (χ0) is 18.4. The molecule has 132 valence electrons. The highest BCUT2D eigenvalue weighted by Crippen LogP contribution is 2.41. The number of fused-ring (bicyclic) bond motifs is 1. The van der Waals surface area contributed by atoms with E-state index < -0.39 is 10.0 Å². The van der Waals surface area contributed by atoms with Gasteiger partial charge in [-0.05, 0) is 42.9 Å². The summed E-state index contributed by atoms with van der Waals surface area (Å²) in [7, 11) is -3.99. The molecule has 0 saturated heterocycles. The van der Waals surface area contributed by atoms with E-state index in [1.807, 2.05) is 0 Å². The van der Waals surface area contributed by atoms with Crippen LogP contribution in [0.4, 0.5) is 5.00 Å². The van der Waals surface area contributed by atoms with Gasteiger partial charge >= 0.3 is 0 Å². The summed E-state index contributed by atoms with van der Waals surface area (Å²) in [6, 6.07) is 4.79. The number of benzene rings is 1. The molecular formula is C16H13Cl3N2O2S2. The van der Waals surface area contributed by atoms with E-state index >= 15 is 0 Å². The number of rotatable bonds is 3. The van der Waals surface area contributed by atoms with Gasteiger partial charge in [0.1, 0.15) is 16.0 Å². The minimum atomic E-state index is -3.99. The summed E-state index contributed by atoms with van der Waals surface area (Å²) in [4.78, 5) is 0.889. The second-order valence-corrected chi connectivity index (χ2v) is 9.87. The van der Waals surface area contributed by atoms with Crippen LogP contribution in [-0.2, 0) is 22.9 Å². The van der Waals surface area contributed by atoms with Gasteiger partial charge in [0.05, 0.1) is 20.6 Å². The molecule has 2 aromatic rings. The molecule has 1 aliphatic carbocycles. The lowest BCUT2D eigenvalue weighted by Crippen LogP contribution is -2.14. The zero-order valence-corrected chi connectivity index (χ0v) is 17.0. The van der Waals surface area contributed by atoms with E-state index in [-0.39, 0.29) is 20.0 Å². The van der Waals surface area contributed by atoms with Crippen LogP contribution in [0.15, 0.2) is 17.0 Å². The van der Waals surface area contributed by atoms with Gasteiger partial charge in [0.25, 0.3) is 10.0 Å². The van der Waals surface area contributed by atoms with Crippen LogP contribution in [0.5, 0.6) is 0 Å². The number of hydrogen-bond donors (Lipinski definition) is 1. The lowest BCUT2D eigenvalue weighted by Gasteiger charge is -2.17. The molecule has 0 radical (unpaired) electrons. The Hall–Kier alpha value is -0.970. The fraction of sp³-hybridized carbons (Fsp3) is 0.312. The molecule has 1 atom stereocenters. The van der Waals surface area contributed by atoms with E-state index in [9.17, 15) is 13.7 Å². The first kappa shape index (κ1) is 18.8. The average Bonchev–Trinajstić information content (AvgIpc) is 2.87. The SMILES string of the molecule is CC1CCc2c(sc(NS(=O)(=O)c3ccc(Cl)c(Cl)c3Cl)c2C#N)C1. The monoisotopic (exact) mass is 434 g/mol. The Morgan fingerprint density at radius 2 is 2.00 bits per heavy atom. The topological polar surface area (TPSA) is 70.0 Å². The molecule has 0 fully saturated rings. The van der Waals surface area contributed by atoms with Crippen LogP contribution in [0.25, 0.3) is 0 Å². The number of sulfonamides is 1. The van der Waals surface area contributed by atoms with Crippen LogP contribution < -0.4 is 4.72 Å². The predicted molar refractivity (Wildman–Crippen MR) is 103 cm³/mol. The first-order valence-corrected chi connectivity index (χ1v) is 10.9. The van der Waals surface area contributed by atoms with Crippen molar-refractivity contribution in [3.8, 4) is 6.07 Å². The number of hydrogen-bond acceptors (Lipinski definition) is 4. The van der Waals surface area contributed by atoms with Gasteiger partial charge in [0, 0.05) is 4.88 Å². The summed E-state index contributed by atoms with van der Waals surface area (Å²) in [5.41, 5.74) is 1.34. The largest absolute Gasteiger partial charge is 0.269 e. The lowest BCUT2D eigenvalue weighted by molar-refractivity contribution is 0.507. The number of anilines is 1. The van der Waals surface area contributed by atoms with Gasteiger partial charge in [-0.1, -0.05) is 41.7 Å². The second kappa shape index (κ2) is 6.98. The molecule has 4 nitrogen and oxygen atoms in total. The Kier molecular flexibility index (Phi) is 5.25. The minimum Gasteiger partial charge on any atom is -0.269 e. The molecule has 9 heteroatoms. The Morgan fingerprint density at radius 3 is 2.68 bits per heavy atom. The molecule has 1 aromatic heterocycles. The van der Waals surface area contributed by atoms with Crippen molar-refractivity contribution in [3.63, 3.8) is 0 Å². The van der Waals surface area contributed by atoms with Gasteiger partial charge in [0.2, 0.25) is 0 Å². The first-order valence-electron chi connectivity index (χ1n) is 7.45. The maximum Gasteiger partial charge on any atom is 0.264 e. The van der Waals surface area contributed by atoms with Crippen molar-refractivity contribution in [1.29, 1.82) is 5.26 Å². The molecular weight excluding hydrogens is 423 g/mol. The Morgan fingerprint density at radius 1 is 1.28 bits per heavy atom. The van der Waals surface area contributed by atoms with Crippen LogP contribution in [0, 0.1) is 17.2 Å². The molecule has 3 rings (SSSR count). The van der Waals surface area contributed by atoms with Crippen molar-refractivity contribution in [3.05, 3.63) is 43.2 Å². The molecule has 0 amide bonds. The van der Waals surface area contributed by atoms with Crippen molar-refractivity contribution in [2.24, 2.45) is 5.92 Å². The van der Waals surface area contributed by atoms with Crippen LogP contribution in [-0.4, -0.2) is 8.42 Å². The van der Waals surface area contributed by atoms with Gasteiger partial charge in [-0.2, -0.15) is 5.26 Å². The van der Waals surface area contributed by atoms with E-state index in [0.717, 1.165) is 29.7 Å². The van der Waals surface area contributed by atoms with Gasteiger partial charge in [0.15, 0.2) is 0 Å². The van der Waals surface area contributed by atoms with E-state index in [0.29, 0.717) is 16.5 Å². The van der Waals surface area contributed by atoms with E-state index in [1.165, 1.54) is 23.5 Å². The first-order chi connectivity index (χ1) is 11.7. The number of nitrogens with zero attached hydrogens (tertiary/aromatic N) is 1. The van der Waals surface area contributed by atoms with Crippen LogP contribution in [0.3, 0.4) is 0 Å². The Labute approximate surface area is 165 Å². The molecule has 0 bridgehead atoms. The quantitative estimate of drug-likeness (QED) is 0.647. The predicted octanol–water partition coefficient (Wildman–Crippen LogP) is 5.51. The zero-order valence-electron chi connectivity index (χ0n) is 13.1. The Bertz CT molecular complexity index is 994. The molecule has 1 aliphatic rings. The molecule has 0 aliphatic heterocycles. The third kappa shape index (κ3) is 3.49. The number of nitriles is 1. The van der Waals surface area contributed by atoms with Crippen LogP contribution >= 0.6 is 46.1 Å². The third-order valence-electron chi connectivity index (χ3n) is 4.14. The van der Waals surface area contributed by atoms with Gasteiger partial charge < -0.3 is 0 Å². The second-order valence-electron chi connectivity index (χ2n) is 5.95. The maximum absolute atomic E-state index is 12.7. The standard InChI is InChI=1S/C16H13Cl3N2O2S2/c1-8-2-3-9-10(7-20)16(24-12(9)6-8)21-25(22,23)13-5-4-11(17)14(18)15(13)19/h4-5,8,21H,2-3,6H2,1H3. The molecule has 1 unspecified atom stereocenters. The molecule has 0 saturated carbocycles. The van der Waals surface area contributed by atoms with Crippen molar-refractivity contribution in [2.45, 2.75) is 31.1 Å². The van der Waals surface area contributed by atoms with E-state index in [4.69, 9.17) is 34.8 Å². The smallest absolute Gasteiger partial charge is 0.264 e. The molecule has 25 heavy (non-hydrogen) atoms. The summed E-state index contributed by atoms with van der Waals surface area (Å²) < 4.78 is 28.0. The van der Waals surface area contributed by atoms with Gasteiger partial charge in [-0.25, -0.2) is 8.42 Å². The fourth-order valence-electron chi connectivity index (χ4n) is 2.83. The molecule has 0 spiro atoms. The summed E-state index contributed by atoms with van der Waals surface area (Å²) in [5.74, 6) is 0.520. The van der Waals surface area contributed by atoms with Crippen molar-refractivity contribution < 1.29 is 8.42 Å². The van der Waals surface area contributed by atoms with Crippen molar-refractivity contribution >= 4 is 61.2 Å². The summed E-state index contributed by atoms with van der Waals surface area (Å²) in [6.07, 6.45) is 2.62. The average molecular weight is 436 g/mol. The van der Waals surface area contributed by atoms with Crippen molar-refractivity contribution in [2.75, 3.05) is 4.72 Å². The molecule has 1 heterocycles. The number of nitrogens with one attached hydrogen (secondary N) is 1. The Balaban J connectivity index is 2.03. The van der Waals surface area contributed by atoms with E-state index in [1.54, 1.807) is 0 Å². The molecule has 1 N–H and O–H groups in total. The third-order valence-corrected chi connectivity index (χ3v) is 8.24. The summed E-state index contributed by atoms with van der Waals surface area (Å²) in [6.45, 7) is 2.15. The lowest BCUT2D eigenvalue weighted by atomic mass is 9.89. The van der Waals surface area contributed by atoms with E-state index in [2.05, 4.69) is 17.7 Å². The fourth-order valence-corrected chi connectivity index (χ4v) is 6.48. The minimum absolute atomic E-state index is 0.0222. The van der Waals surface area contributed by atoms with Gasteiger partial charge in [-0.15, -0.1) is 11.3 Å². The van der Waals surface area contributed by atoms with Crippen LogP contribution in [0.1, 0.15) is 29.3 Å². The normalized spacial score (nSPS) is 17.0. The highest BCUT2D eigenvalue weighted by atomic mass is 35.5.